The topological polar surface area (TPSA) is 88.2 Å². The van der Waals surface area contributed by atoms with Crippen molar-refractivity contribution in [1.82, 2.24) is 4.31 Å². The van der Waals surface area contributed by atoms with Crippen molar-refractivity contribution in [1.29, 1.82) is 0 Å². The number of hydrogen-bond acceptors (Lipinski definition) is 7. The van der Waals surface area contributed by atoms with Gasteiger partial charge >= 0.3 is 0 Å². The molecule has 0 aliphatic carbocycles. The molecule has 0 radical (unpaired) electrons. The predicted molar refractivity (Wildman–Crippen MR) is 91.5 cm³/mol. The van der Waals surface area contributed by atoms with Crippen LogP contribution in [0.4, 0.5) is 11.4 Å². The molecular formula is C15H19N3O4S. The first-order chi connectivity index (χ1) is 11.0. The first-order valence-corrected chi connectivity index (χ1v) is 7.88. The lowest BCUT2D eigenvalue weighted by Crippen LogP contribution is -2.32. The average molecular weight is 337 g/mol. The molecule has 0 atom stereocenters. The maximum Gasteiger partial charge on any atom is 0.280 e. The summed E-state index contributed by atoms with van der Waals surface area (Å²) in [4.78, 5) is 14.9. The first kappa shape index (κ1) is 17.5. The quantitative estimate of drug-likeness (QED) is 0.370. The van der Waals surface area contributed by atoms with Gasteiger partial charge in [0.2, 0.25) is 0 Å². The highest BCUT2D eigenvalue weighted by atomic mass is 32.2. The highest BCUT2D eigenvalue weighted by molar-refractivity contribution is 7.97. The van der Waals surface area contributed by atoms with Crippen molar-refractivity contribution >= 4 is 36.1 Å². The van der Waals surface area contributed by atoms with Crippen LogP contribution in [-0.4, -0.2) is 47.4 Å². The molecule has 1 heterocycles. The van der Waals surface area contributed by atoms with Crippen LogP contribution in [0.3, 0.4) is 0 Å². The molecule has 23 heavy (non-hydrogen) atoms. The Balaban J connectivity index is 2.32. The van der Waals surface area contributed by atoms with Crippen LogP contribution in [0.1, 0.15) is 18.4 Å². The van der Waals surface area contributed by atoms with Crippen molar-refractivity contribution in [3.63, 3.8) is 0 Å². The van der Waals surface area contributed by atoms with E-state index in [2.05, 4.69) is 22.6 Å². The van der Waals surface area contributed by atoms with Gasteiger partial charge in [-0.3, -0.25) is 15.1 Å². The Morgan fingerprint density at radius 3 is 2.70 bits per heavy atom. The lowest BCUT2D eigenvalue weighted by Gasteiger charge is -2.30. The SMILES string of the molecule is C=Cc1c([N+](=O)[O-])cc(SN2CCC(OC)CC2)c(O)c1N=C. The normalized spacial score (nSPS) is 16.2. The third-order valence-electron chi connectivity index (χ3n) is 3.78. The van der Waals surface area contributed by atoms with Crippen molar-refractivity contribution in [2.75, 3.05) is 20.2 Å². The number of nitrogens with zero attached hydrogens (tertiary/aromatic N) is 3. The van der Waals surface area contributed by atoms with Crippen molar-refractivity contribution < 1.29 is 14.8 Å². The first-order valence-electron chi connectivity index (χ1n) is 7.11. The number of hydrogen-bond donors (Lipinski definition) is 1. The Bertz CT molecular complexity index is 628. The molecule has 1 aliphatic rings. The number of rotatable bonds is 6. The summed E-state index contributed by atoms with van der Waals surface area (Å²) in [6, 6.07) is 1.36. The molecule has 1 aromatic carbocycles. The zero-order valence-electron chi connectivity index (χ0n) is 12.9. The zero-order valence-corrected chi connectivity index (χ0v) is 13.7. The molecule has 0 bridgehead atoms. The van der Waals surface area contributed by atoms with Gasteiger partial charge in [-0.05, 0) is 31.5 Å². The van der Waals surface area contributed by atoms with Gasteiger partial charge in [0.25, 0.3) is 5.69 Å². The molecule has 0 spiro atoms. The van der Waals surface area contributed by atoms with Crippen LogP contribution in [0.15, 0.2) is 22.5 Å². The van der Waals surface area contributed by atoms with Gasteiger partial charge < -0.3 is 9.84 Å². The second kappa shape index (κ2) is 7.58. The Morgan fingerprint density at radius 1 is 1.57 bits per heavy atom. The van der Waals surface area contributed by atoms with E-state index in [1.54, 1.807) is 7.11 Å². The lowest BCUT2D eigenvalue weighted by atomic mass is 10.1. The molecule has 1 aliphatic heterocycles. The molecule has 7 nitrogen and oxygen atoms in total. The van der Waals surface area contributed by atoms with Crippen LogP contribution in [0.25, 0.3) is 6.08 Å². The minimum atomic E-state index is -0.508. The fraction of sp³-hybridized carbons (Fsp3) is 0.400. The van der Waals surface area contributed by atoms with Crippen LogP contribution in [0.2, 0.25) is 0 Å². The Morgan fingerprint density at radius 2 is 2.22 bits per heavy atom. The summed E-state index contributed by atoms with van der Waals surface area (Å²) >= 11 is 1.29. The molecule has 8 heteroatoms. The number of phenolic OH excluding ortho intramolecular Hbond substituents is 1. The maximum absolute atomic E-state index is 11.3. The molecule has 1 saturated heterocycles. The van der Waals surface area contributed by atoms with Gasteiger partial charge in [0.15, 0.2) is 5.75 Å². The molecule has 0 aromatic heterocycles. The highest BCUT2D eigenvalue weighted by Gasteiger charge is 2.26. The second-order valence-electron chi connectivity index (χ2n) is 5.08. The number of benzene rings is 1. The molecule has 124 valence electrons. The van der Waals surface area contributed by atoms with Crippen molar-refractivity contribution in [2.45, 2.75) is 23.8 Å². The molecule has 2 rings (SSSR count). The van der Waals surface area contributed by atoms with Gasteiger partial charge in [0.1, 0.15) is 5.69 Å². The summed E-state index contributed by atoms with van der Waals surface area (Å²) in [5.74, 6) is -0.112. The molecule has 0 amide bonds. The number of aromatic hydroxyl groups is 1. The van der Waals surface area contributed by atoms with Crippen molar-refractivity contribution in [3.8, 4) is 5.75 Å². The smallest absolute Gasteiger partial charge is 0.280 e. The number of nitro benzene ring substituents is 1. The van der Waals surface area contributed by atoms with E-state index < -0.39 is 4.92 Å². The van der Waals surface area contributed by atoms with Gasteiger partial charge in [-0.15, -0.1) is 0 Å². The largest absolute Gasteiger partial charge is 0.504 e. The van der Waals surface area contributed by atoms with Crippen LogP contribution >= 0.6 is 11.9 Å². The minimum Gasteiger partial charge on any atom is -0.504 e. The van der Waals surface area contributed by atoms with Gasteiger partial charge in [0, 0.05) is 26.3 Å². The molecular weight excluding hydrogens is 318 g/mol. The second-order valence-corrected chi connectivity index (χ2v) is 6.22. The number of methoxy groups -OCH3 is 1. The summed E-state index contributed by atoms with van der Waals surface area (Å²) in [5, 5.41) is 21.6. The molecule has 0 saturated carbocycles. The Hall–Kier alpha value is -1.90. The van der Waals surface area contributed by atoms with Crippen molar-refractivity contribution in [3.05, 3.63) is 28.3 Å². The van der Waals surface area contributed by atoms with E-state index in [1.807, 2.05) is 0 Å². The van der Waals surface area contributed by atoms with Crippen LogP contribution in [0.5, 0.6) is 5.75 Å². The van der Waals surface area contributed by atoms with Gasteiger partial charge in [0.05, 0.1) is 21.5 Å². The minimum absolute atomic E-state index is 0.0866. The van der Waals surface area contributed by atoms with Gasteiger partial charge in [-0.2, -0.15) is 0 Å². The van der Waals surface area contributed by atoms with E-state index >= 15 is 0 Å². The number of aliphatic imine (C=N–C) groups is 1. The molecule has 1 aromatic rings. The van der Waals surface area contributed by atoms with E-state index in [9.17, 15) is 15.2 Å². The van der Waals surface area contributed by atoms with E-state index in [-0.39, 0.29) is 28.8 Å². The third-order valence-corrected chi connectivity index (χ3v) is 4.91. The highest BCUT2D eigenvalue weighted by Crippen LogP contribution is 2.45. The van der Waals surface area contributed by atoms with Crippen LogP contribution in [0, 0.1) is 10.1 Å². The molecule has 1 fully saturated rings. The third kappa shape index (κ3) is 3.72. The summed E-state index contributed by atoms with van der Waals surface area (Å²) < 4.78 is 7.37. The van der Waals surface area contributed by atoms with Gasteiger partial charge in [-0.1, -0.05) is 12.7 Å². The molecule has 0 unspecified atom stereocenters. The maximum atomic E-state index is 11.3. The van der Waals surface area contributed by atoms with Crippen LogP contribution < -0.4 is 0 Å². The summed E-state index contributed by atoms with van der Waals surface area (Å²) in [6.45, 7) is 8.49. The van der Waals surface area contributed by atoms with E-state index in [0.717, 1.165) is 25.9 Å². The average Bonchev–Trinajstić information content (AvgIpc) is 2.56. The fourth-order valence-electron chi connectivity index (χ4n) is 2.52. The van der Waals surface area contributed by atoms with E-state index in [1.165, 1.54) is 24.1 Å². The Labute approximate surface area is 138 Å². The van der Waals surface area contributed by atoms with Crippen molar-refractivity contribution in [2.24, 2.45) is 4.99 Å². The standard InChI is InChI=1S/C15H19N3O4S/c1-4-11-12(18(20)21)9-13(15(19)14(11)16-2)23-17-7-5-10(22-3)6-8-17/h4,9-10,19H,1-2,5-8H2,3H3. The molecule has 1 N–H and O–H groups in total. The number of phenols is 1. The summed E-state index contributed by atoms with van der Waals surface area (Å²) in [6.07, 6.45) is 3.30. The fourth-order valence-corrected chi connectivity index (χ4v) is 3.54. The predicted octanol–water partition coefficient (Wildman–Crippen LogP) is 3.39. The van der Waals surface area contributed by atoms with E-state index in [0.29, 0.717) is 4.90 Å². The number of nitro groups is 1. The van der Waals surface area contributed by atoms with E-state index in [4.69, 9.17) is 4.74 Å². The number of piperidine rings is 1. The summed E-state index contributed by atoms with van der Waals surface area (Å²) in [5.41, 5.74) is 0.114. The van der Waals surface area contributed by atoms with Crippen LogP contribution in [-0.2, 0) is 4.74 Å². The van der Waals surface area contributed by atoms with Gasteiger partial charge in [-0.25, -0.2) is 4.31 Å². The zero-order chi connectivity index (χ0) is 17.0. The summed E-state index contributed by atoms with van der Waals surface area (Å²) in [7, 11) is 1.69. The lowest BCUT2D eigenvalue weighted by molar-refractivity contribution is -0.385. The Kier molecular flexibility index (Phi) is 5.75. The monoisotopic (exact) mass is 337 g/mol. The number of ether oxygens (including phenoxy) is 1.